The number of halogens is 3. The molecule has 0 aliphatic carbocycles. The highest BCUT2D eigenvalue weighted by Gasteiger charge is 2.18. The third-order valence-electron chi connectivity index (χ3n) is 2.30. The standard InChI is InChI=1S/C11H11BrCl2N2O3/c1-2-6(10(17)18)15-11(19)16-7-4-3-5(12)8(13)9(7)14/h3-4,6H,2H2,1H3,(H,17,18)(H2,15,16,19)/t6-/m0/s1. The Bertz CT molecular complexity index is 511. The van der Waals surface area contributed by atoms with Gasteiger partial charge in [0.15, 0.2) is 0 Å². The SMILES string of the molecule is CC[C@H](NC(=O)Nc1ccc(Br)c(Cl)c1Cl)C(=O)O. The minimum atomic E-state index is -1.10. The first-order chi connectivity index (χ1) is 8.86. The Labute approximate surface area is 128 Å². The molecule has 0 unspecified atom stereocenters. The van der Waals surface area contributed by atoms with E-state index in [2.05, 4.69) is 26.6 Å². The summed E-state index contributed by atoms with van der Waals surface area (Å²) in [5, 5.41) is 14.0. The van der Waals surface area contributed by atoms with E-state index in [0.717, 1.165) is 0 Å². The fraction of sp³-hybridized carbons (Fsp3) is 0.273. The Morgan fingerprint density at radius 1 is 1.37 bits per heavy atom. The predicted octanol–water partition coefficient (Wildman–Crippen LogP) is 3.74. The van der Waals surface area contributed by atoms with Crippen LogP contribution in [0.2, 0.25) is 10.0 Å². The lowest BCUT2D eigenvalue weighted by Crippen LogP contribution is -2.42. The van der Waals surface area contributed by atoms with E-state index in [-0.39, 0.29) is 16.5 Å². The monoisotopic (exact) mass is 368 g/mol. The fourth-order valence-corrected chi connectivity index (χ4v) is 2.10. The first kappa shape index (κ1) is 16.1. The van der Waals surface area contributed by atoms with E-state index in [1.807, 2.05) is 0 Å². The van der Waals surface area contributed by atoms with Crippen molar-refractivity contribution < 1.29 is 14.7 Å². The highest BCUT2D eigenvalue weighted by molar-refractivity contribution is 9.10. The summed E-state index contributed by atoms with van der Waals surface area (Å²) in [7, 11) is 0. The van der Waals surface area contributed by atoms with Gasteiger partial charge in [-0.1, -0.05) is 30.1 Å². The number of amides is 2. The zero-order valence-corrected chi connectivity index (χ0v) is 12.9. The first-order valence-electron chi connectivity index (χ1n) is 5.30. The molecule has 8 heteroatoms. The van der Waals surface area contributed by atoms with Gasteiger partial charge in [-0.3, -0.25) is 0 Å². The summed E-state index contributed by atoms with van der Waals surface area (Å²) in [4.78, 5) is 22.4. The molecule has 5 nitrogen and oxygen atoms in total. The van der Waals surface area contributed by atoms with Gasteiger partial charge in [0.1, 0.15) is 6.04 Å². The number of rotatable bonds is 4. The van der Waals surface area contributed by atoms with Gasteiger partial charge in [0.25, 0.3) is 0 Å². The molecule has 0 aliphatic rings. The Hall–Kier alpha value is -0.980. The molecule has 0 radical (unpaired) electrons. The Morgan fingerprint density at radius 2 is 2.00 bits per heavy atom. The van der Waals surface area contributed by atoms with Crippen LogP contribution in [0.1, 0.15) is 13.3 Å². The van der Waals surface area contributed by atoms with E-state index in [1.54, 1.807) is 19.1 Å². The summed E-state index contributed by atoms with van der Waals surface area (Å²) >= 11 is 15.1. The largest absolute Gasteiger partial charge is 0.480 e. The Kier molecular flexibility index (Phi) is 5.90. The molecule has 0 saturated carbocycles. The molecule has 1 aromatic carbocycles. The van der Waals surface area contributed by atoms with Crippen LogP contribution in [0.5, 0.6) is 0 Å². The van der Waals surface area contributed by atoms with Crippen molar-refractivity contribution >= 4 is 56.8 Å². The molecule has 3 N–H and O–H groups in total. The number of hydrogen-bond acceptors (Lipinski definition) is 2. The van der Waals surface area contributed by atoms with Gasteiger partial charge in [-0.05, 0) is 34.5 Å². The number of urea groups is 1. The van der Waals surface area contributed by atoms with Crippen LogP contribution in [-0.4, -0.2) is 23.1 Å². The molecular weight excluding hydrogens is 359 g/mol. The van der Waals surface area contributed by atoms with Crippen molar-refractivity contribution in [2.75, 3.05) is 5.32 Å². The second-order valence-corrected chi connectivity index (χ2v) is 5.23. The average Bonchev–Trinajstić information content (AvgIpc) is 2.36. The quantitative estimate of drug-likeness (QED) is 0.707. The summed E-state index contributed by atoms with van der Waals surface area (Å²) in [5.74, 6) is -1.10. The third kappa shape index (κ3) is 4.26. The summed E-state index contributed by atoms with van der Waals surface area (Å²) in [6.45, 7) is 1.66. The number of carboxylic acid groups (broad SMARTS) is 1. The van der Waals surface area contributed by atoms with Crippen LogP contribution in [0.15, 0.2) is 16.6 Å². The molecule has 19 heavy (non-hydrogen) atoms. The highest BCUT2D eigenvalue weighted by Crippen LogP contribution is 2.35. The summed E-state index contributed by atoms with van der Waals surface area (Å²) in [5.41, 5.74) is 0.299. The number of carbonyl (C=O) groups is 2. The summed E-state index contributed by atoms with van der Waals surface area (Å²) in [6, 6.07) is 1.57. The van der Waals surface area contributed by atoms with E-state index in [9.17, 15) is 9.59 Å². The van der Waals surface area contributed by atoms with Gasteiger partial charge in [-0.2, -0.15) is 0 Å². The average molecular weight is 370 g/mol. The second-order valence-electron chi connectivity index (χ2n) is 3.62. The normalized spacial score (nSPS) is 11.8. The maximum atomic E-state index is 11.6. The number of carboxylic acids is 1. The lowest BCUT2D eigenvalue weighted by Gasteiger charge is -2.14. The van der Waals surface area contributed by atoms with Crippen molar-refractivity contribution in [3.63, 3.8) is 0 Å². The number of benzene rings is 1. The number of anilines is 1. The van der Waals surface area contributed by atoms with Crippen molar-refractivity contribution in [3.05, 3.63) is 26.7 Å². The second kappa shape index (κ2) is 6.98. The van der Waals surface area contributed by atoms with Crippen LogP contribution >= 0.6 is 39.1 Å². The minimum Gasteiger partial charge on any atom is -0.480 e. The van der Waals surface area contributed by atoms with Crippen LogP contribution < -0.4 is 10.6 Å². The maximum Gasteiger partial charge on any atom is 0.326 e. The van der Waals surface area contributed by atoms with E-state index in [1.165, 1.54) is 0 Å². The van der Waals surface area contributed by atoms with Crippen molar-refractivity contribution in [2.24, 2.45) is 0 Å². The van der Waals surface area contributed by atoms with Gasteiger partial charge in [-0.15, -0.1) is 0 Å². The van der Waals surface area contributed by atoms with Crippen molar-refractivity contribution in [1.29, 1.82) is 0 Å². The highest BCUT2D eigenvalue weighted by atomic mass is 79.9. The van der Waals surface area contributed by atoms with E-state index < -0.39 is 18.0 Å². The molecule has 104 valence electrons. The summed E-state index contributed by atoms with van der Waals surface area (Å²) in [6.07, 6.45) is 0.275. The van der Waals surface area contributed by atoms with E-state index >= 15 is 0 Å². The summed E-state index contributed by atoms with van der Waals surface area (Å²) < 4.78 is 0.599. The van der Waals surface area contributed by atoms with Crippen molar-refractivity contribution in [1.82, 2.24) is 5.32 Å². The number of hydrogen-bond donors (Lipinski definition) is 3. The molecule has 2 amide bonds. The van der Waals surface area contributed by atoms with Crippen molar-refractivity contribution in [3.8, 4) is 0 Å². The van der Waals surface area contributed by atoms with Gasteiger partial charge in [0.2, 0.25) is 0 Å². The van der Waals surface area contributed by atoms with Gasteiger partial charge < -0.3 is 15.7 Å². The third-order valence-corrected chi connectivity index (χ3v) is 4.07. The van der Waals surface area contributed by atoms with Gasteiger partial charge >= 0.3 is 12.0 Å². The molecule has 0 fully saturated rings. The smallest absolute Gasteiger partial charge is 0.326 e. The molecular formula is C11H11BrCl2N2O3. The molecule has 0 spiro atoms. The Morgan fingerprint density at radius 3 is 2.53 bits per heavy atom. The van der Waals surface area contributed by atoms with Gasteiger partial charge in [0.05, 0.1) is 15.7 Å². The molecule has 0 aliphatic heterocycles. The van der Waals surface area contributed by atoms with Gasteiger partial charge in [-0.25, -0.2) is 9.59 Å². The molecule has 1 rings (SSSR count). The molecule has 0 saturated heterocycles. The van der Waals surface area contributed by atoms with Crippen LogP contribution in [0, 0.1) is 0 Å². The number of aliphatic carboxylic acids is 1. The zero-order chi connectivity index (χ0) is 14.6. The Balaban J connectivity index is 2.78. The lowest BCUT2D eigenvalue weighted by molar-refractivity contribution is -0.139. The molecule has 0 heterocycles. The number of carbonyl (C=O) groups excluding carboxylic acids is 1. The van der Waals surface area contributed by atoms with E-state index in [0.29, 0.717) is 10.2 Å². The topological polar surface area (TPSA) is 78.4 Å². The van der Waals surface area contributed by atoms with Crippen LogP contribution in [-0.2, 0) is 4.79 Å². The lowest BCUT2D eigenvalue weighted by atomic mass is 10.2. The van der Waals surface area contributed by atoms with Crippen LogP contribution in [0.25, 0.3) is 0 Å². The predicted molar refractivity (Wildman–Crippen MR) is 78.0 cm³/mol. The molecule has 0 aromatic heterocycles. The first-order valence-corrected chi connectivity index (χ1v) is 6.85. The molecule has 1 atom stereocenters. The molecule has 1 aromatic rings. The van der Waals surface area contributed by atoms with E-state index in [4.69, 9.17) is 28.3 Å². The molecule has 0 bridgehead atoms. The van der Waals surface area contributed by atoms with Crippen LogP contribution in [0.4, 0.5) is 10.5 Å². The van der Waals surface area contributed by atoms with Gasteiger partial charge in [0, 0.05) is 4.47 Å². The van der Waals surface area contributed by atoms with Crippen molar-refractivity contribution in [2.45, 2.75) is 19.4 Å². The van der Waals surface area contributed by atoms with Crippen LogP contribution in [0.3, 0.4) is 0 Å². The maximum absolute atomic E-state index is 11.6. The number of nitrogens with one attached hydrogen (secondary N) is 2. The fourth-order valence-electron chi connectivity index (χ4n) is 1.28. The zero-order valence-electron chi connectivity index (χ0n) is 9.84. The minimum absolute atomic E-state index is 0.176.